The first-order valence-electron chi connectivity index (χ1n) is 6.28. The fourth-order valence-corrected chi connectivity index (χ4v) is 2.74. The fourth-order valence-electron chi connectivity index (χ4n) is 1.63. The number of aliphatic imine (C=N–C) groups is 1. The number of thiazole rings is 1. The first kappa shape index (κ1) is 14.8. The molecule has 2 rings (SSSR count). The molecule has 1 aromatic heterocycles. The molecule has 4 nitrogen and oxygen atoms in total. The summed E-state index contributed by atoms with van der Waals surface area (Å²) in [5.41, 5.74) is 7.67. The van der Waals surface area contributed by atoms with Crippen molar-refractivity contribution in [2.45, 2.75) is 13.3 Å². The maximum absolute atomic E-state index is 5.95. The van der Waals surface area contributed by atoms with Gasteiger partial charge < -0.3 is 11.1 Å². The van der Waals surface area contributed by atoms with Gasteiger partial charge in [-0.3, -0.25) is 0 Å². The Morgan fingerprint density at radius 2 is 2.35 bits per heavy atom. The molecule has 0 unspecified atom stereocenters. The van der Waals surface area contributed by atoms with Gasteiger partial charge in [-0.25, -0.2) is 9.98 Å². The zero-order chi connectivity index (χ0) is 14.5. The molecule has 3 N–H and O–H groups in total. The summed E-state index contributed by atoms with van der Waals surface area (Å²) in [5.74, 6) is 0.442. The molecular formula is C14H17ClN4S. The van der Waals surface area contributed by atoms with Gasteiger partial charge in [-0.05, 0) is 25.1 Å². The van der Waals surface area contributed by atoms with E-state index in [4.69, 9.17) is 17.3 Å². The molecule has 0 bridgehead atoms. The van der Waals surface area contributed by atoms with E-state index < -0.39 is 0 Å². The lowest BCUT2D eigenvalue weighted by Crippen LogP contribution is -2.33. The van der Waals surface area contributed by atoms with Gasteiger partial charge in [0.25, 0.3) is 0 Å². The van der Waals surface area contributed by atoms with E-state index in [0.29, 0.717) is 24.1 Å². The second-order valence-corrected chi connectivity index (χ2v) is 6.11. The van der Waals surface area contributed by atoms with Gasteiger partial charge in [-0.15, -0.1) is 11.3 Å². The third-order valence-electron chi connectivity index (χ3n) is 2.56. The van der Waals surface area contributed by atoms with Gasteiger partial charge in [-0.1, -0.05) is 23.8 Å². The van der Waals surface area contributed by atoms with Crippen LogP contribution in [0.15, 0.2) is 35.3 Å². The van der Waals surface area contributed by atoms with Crippen LogP contribution in [-0.2, 0) is 6.42 Å². The summed E-state index contributed by atoms with van der Waals surface area (Å²) in [6.45, 7) is 6.96. The fraction of sp³-hybridized carbons (Fsp3) is 0.286. The summed E-state index contributed by atoms with van der Waals surface area (Å²) in [7, 11) is 0. The molecule has 0 radical (unpaired) electrons. The van der Waals surface area contributed by atoms with Crippen LogP contribution in [0.3, 0.4) is 0 Å². The molecule has 0 saturated carbocycles. The number of nitrogens with one attached hydrogen (secondary N) is 1. The lowest BCUT2D eigenvalue weighted by atomic mass is 10.3. The molecular weight excluding hydrogens is 292 g/mol. The van der Waals surface area contributed by atoms with Crippen molar-refractivity contribution in [3.63, 3.8) is 0 Å². The van der Waals surface area contributed by atoms with Crippen molar-refractivity contribution in [1.29, 1.82) is 0 Å². The molecule has 6 heteroatoms. The molecule has 0 fully saturated rings. The van der Waals surface area contributed by atoms with E-state index in [9.17, 15) is 0 Å². The standard InChI is InChI=1S/C14H17ClN4S/c1-9(2)8-18-14(16)17-6-5-13-19-11-7-10(15)3-4-12(11)20-13/h3-4,7H,1,5-6,8H2,2H3,(H3,16,17,18). The highest BCUT2D eigenvalue weighted by atomic mass is 35.5. The van der Waals surface area contributed by atoms with E-state index in [1.54, 1.807) is 11.3 Å². The number of hydrogen-bond acceptors (Lipinski definition) is 3. The average molecular weight is 309 g/mol. The molecule has 0 aliphatic heterocycles. The summed E-state index contributed by atoms with van der Waals surface area (Å²) in [5, 5.41) is 4.84. The number of aromatic nitrogens is 1. The van der Waals surface area contributed by atoms with E-state index >= 15 is 0 Å². The van der Waals surface area contributed by atoms with E-state index in [-0.39, 0.29) is 0 Å². The number of nitrogens with two attached hydrogens (primary N) is 1. The van der Waals surface area contributed by atoms with Crippen molar-refractivity contribution in [3.05, 3.63) is 40.4 Å². The van der Waals surface area contributed by atoms with Crippen LogP contribution in [0.25, 0.3) is 10.2 Å². The van der Waals surface area contributed by atoms with Crippen LogP contribution in [0.4, 0.5) is 0 Å². The van der Waals surface area contributed by atoms with E-state index in [2.05, 4.69) is 21.9 Å². The number of nitrogens with zero attached hydrogens (tertiary/aromatic N) is 2. The third-order valence-corrected chi connectivity index (χ3v) is 3.89. The smallest absolute Gasteiger partial charge is 0.188 e. The molecule has 106 valence electrons. The van der Waals surface area contributed by atoms with Crippen molar-refractivity contribution in [1.82, 2.24) is 10.3 Å². The van der Waals surface area contributed by atoms with Crippen molar-refractivity contribution >= 4 is 39.1 Å². The van der Waals surface area contributed by atoms with E-state index in [1.165, 1.54) is 0 Å². The predicted molar refractivity (Wildman–Crippen MR) is 87.6 cm³/mol. The maximum atomic E-state index is 5.95. The van der Waals surface area contributed by atoms with Crippen molar-refractivity contribution in [3.8, 4) is 0 Å². The zero-order valence-electron chi connectivity index (χ0n) is 11.3. The van der Waals surface area contributed by atoms with Gasteiger partial charge in [-0.2, -0.15) is 0 Å². The van der Waals surface area contributed by atoms with Gasteiger partial charge >= 0.3 is 0 Å². The number of guanidine groups is 1. The molecule has 1 aromatic carbocycles. The lowest BCUT2D eigenvalue weighted by Gasteiger charge is -2.03. The first-order valence-corrected chi connectivity index (χ1v) is 7.47. The van der Waals surface area contributed by atoms with Crippen LogP contribution in [0, 0.1) is 0 Å². The number of benzene rings is 1. The van der Waals surface area contributed by atoms with E-state index in [1.807, 2.05) is 25.1 Å². The summed E-state index contributed by atoms with van der Waals surface area (Å²) in [6.07, 6.45) is 0.806. The van der Waals surface area contributed by atoms with Gasteiger partial charge in [0.2, 0.25) is 0 Å². The van der Waals surface area contributed by atoms with Crippen molar-refractivity contribution in [2.75, 3.05) is 13.1 Å². The van der Waals surface area contributed by atoms with Crippen LogP contribution in [0.5, 0.6) is 0 Å². The molecule has 1 heterocycles. The first-order chi connectivity index (χ1) is 9.54. The molecule has 0 aliphatic rings. The average Bonchev–Trinajstić information content (AvgIpc) is 2.78. The number of hydrogen-bond donors (Lipinski definition) is 2. The highest BCUT2D eigenvalue weighted by molar-refractivity contribution is 7.18. The molecule has 0 spiro atoms. The van der Waals surface area contributed by atoms with Crippen LogP contribution in [0.1, 0.15) is 11.9 Å². The quantitative estimate of drug-likeness (QED) is 0.507. The van der Waals surface area contributed by atoms with Crippen LogP contribution >= 0.6 is 22.9 Å². The SMILES string of the molecule is C=C(C)CN=C(N)NCCc1nc2cc(Cl)ccc2s1. The molecule has 2 aromatic rings. The van der Waals surface area contributed by atoms with Gasteiger partial charge in [0.05, 0.1) is 21.8 Å². The molecule has 0 atom stereocenters. The molecule has 0 saturated heterocycles. The Morgan fingerprint density at radius 1 is 1.55 bits per heavy atom. The van der Waals surface area contributed by atoms with Gasteiger partial charge in [0.15, 0.2) is 5.96 Å². The maximum Gasteiger partial charge on any atom is 0.188 e. The lowest BCUT2D eigenvalue weighted by molar-refractivity contribution is 0.848. The number of halogens is 1. The Balaban J connectivity index is 1.89. The predicted octanol–water partition coefficient (Wildman–Crippen LogP) is 2.97. The summed E-state index contributed by atoms with van der Waals surface area (Å²) in [4.78, 5) is 8.70. The second kappa shape index (κ2) is 6.72. The minimum absolute atomic E-state index is 0.442. The largest absolute Gasteiger partial charge is 0.370 e. The number of fused-ring (bicyclic) bond motifs is 1. The highest BCUT2D eigenvalue weighted by Gasteiger charge is 2.04. The van der Waals surface area contributed by atoms with Crippen LogP contribution < -0.4 is 11.1 Å². The minimum atomic E-state index is 0.442. The van der Waals surface area contributed by atoms with E-state index in [0.717, 1.165) is 27.2 Å². The number of rotatable bonds is 5. The third kappa shape index (κ3) is 4.21. The van der Waals surface area contributed by atoms with Gasteiger partial charge in [0, 0.05) is 18.0 Å². The summed E-state index contributed by atoms with van der Waals surface area (Å²) < 4.78 is 1.15. The zero-order valence-corrected chi connectivity index (χ0v) is 12.9. The molecule has 0 aliphatic carbocycles. The minimum Gasteiger partial charge on any atom is -0.370 e. The Hall–Kier alpha value is -1.59. The molecule has 20 heavy (non-hydrogen) atoms. The second-order valence-electron chi connectivity index (χ2n) is 4.56. The van der Waals surface area contributed by atoms with Crippen LogP contribution in [0.2, 0.25) is 5.02 Å². The van der Waals surface area contributed by atoms with Gasteiger partial charge in [0.1, 0.15) is 0 Å². The Labute approximate surface area is 127 Å². The topological polar surface area (TPSA) is 63.3 Å². The summed E-state index contributed by atoms with van der Waals surface area (Å²) >= 11 is 7.62. The Kier molecular flexibility index (Phi) is 4.98. The Bertz CT molecular complexity index is 648. The monoisotopic (exact) mass is 308 g/mol. The Morgan fingerprint density at radius 3 is 3.10 bits per heavy atom. The van der Waals surface area contributed by atoms with Crippen LogP contribution in [-0.4, -0.2) is 24.0 Å². The highest BCUT2D eigenvalue weighted by Crippen LogP contribution is 2.24. The van der Waals surface area contributed by atoms with Crippen molar-refractivity contribution < 1.29 is 0 Å². The molecule has 0 amide bonds. The van der Waals surface area contributed by atoms with Crippen molar-refractivity contribution in [2.24, 2.45) is 10.7 Å². The summed E-state index contributed by atoms with van der Waals surface area (Å²) in [6, 6.07) is 5.76. The normalized spacial score (nSPS) is 11.8.